The summed E-state index contributed by atoms with van der Waals surface area (Å²) >= 11 is 5.65. The quantitative estimate of drug-likeness (QED) is 0.643. The van der Waals surface area contributed by atoms with Gasteiger partial charge in [-0.05, 0) is 48.4 Å². The van der Waals surface area contributed by atoms with Crippen LogP contribution in [-0.4, -0.2) is 60.1 Å². The van der Waals surface area contributed by atoms with Gasteiger partial charge in [0.15, 0.2) is 5.82 Å². The number of benzene rings is 1. The molecule has 166 valence electrons. The van der Waals surface area contributed by atoms with Gasteiger partial charge in [-0.25, -0.2) is 8.78 Å². The van der Waals surface area contributed by atoms with Crippen molar-refractivity contribution in [2.75, 3.05) is 33.4 Å². The number of pyridine rings is 1. The first-order chi connectivity index (χ1) is 14.9. The number of methoxy groups -OCH3 is 1. The van der Waals surface area contributed by atoms with E-state index in [4.69, 9.17) is 16.3 Å². The molecule has 0 aliphatic carbocycles. The van der Waals surface area contributed by atoms with Gasteiger partial charge in [0, 0.05) is 51.7 Å². The van der Waals surface area contributed by atoms with Gasteiger partial charge in [0.25, 0.3) is 5.91 Å². The van der Waals surface area contributed by atoms with Gasteiger partial charge in [0.2, 0.25) is 0 Å². The van der Waals surface area contributed by atoms with Crippen molar-refractivity contribution in [3.63, 3.8) is 0 Å². The van der Waals surface area contributed by atoms with Crippen molar-refractivity contribution in [3.05, 3.63) is 64.4 Å². The molecule has 0 bridgehead atoms. The van der Waals surface area contributed by atoms with E-state index in [0.717, 1.165) is 44.0 Å². The Labute approximate surface area is 186 Å². The molecule has 0 N–H and O–H groups in total. The van der Waals surface area contributed by atoms with Crippen LogP contribution in [0.25, 0.3) is 0 Å². The molecule has 1 atom stereocenters. The fraction of sp³-hybridized carbons (Fsp3) is 0.478. The monoisotopic (exact) mass is 449 g/mol. The van der Waals surface area contributed by atoms with E-state index in [0.29, 0.717) is 25.7 Å². The molecule has 2 aliphatic heterocycles. The van der Waals surface area contributed by atoms with E-state index in [-0.39, 0.29) is 11.0 Å². The number of hydrogen-bond donors (Lipinski definition) is 0. The summed E-state index contributed by atoms with van der Waals surface area (Å²) in [4.78, 5) is 21.1. The van der Waals surface area contributed by atoms with E-state index >= 15 is 0 Å². The Morgan fingerprint density at radius 2 is 2.06 bits per heavy atom. The van der Waals surface area contributed by atoms with Crippen LogP contribution in [0.2, 0.25) is 5.02 Å². The number of likely N-dealkylation sites (tertiary alicyclic amines) is 2. The molecule has 1 aromatic carbocycles. The first-order valence-corrected chi connectivity index (χ1v) is 10.8. The third-order valence-corrected chi connectivity index (χ3v) is 6.91. The maximum atomic E-state index is 14.3. The van der Waals surface area contributed by atoms with Gasteiger partial charge in [-0.2, -0.15) is 0 Å². The zero-order chi connectivity index (χ0) is 22.0. The van der Waals surface area contributed by atoms with Crippen LogP contribution in [0.5, 0.6) is 0 Å². The van der Waals surface area contributed by atoms with Gasteiger partial charge in [-0.3, -0.25) is 14.7 Å². The minimum atomic E-state index is -0.990. The summed E-state index contributed by atoms with van der Waals surface area (Å²) in [5.41, 5.74) is 1.09. The lowest BCUT2D eigenvalue weighted by Crippen LogP contribution is -2.44. The van der Waals surface area contributed by atoms with Gasteiger partial charge in [0.05, 0.1) is 12.2 Å². The summed E-state index contributed by atoms with van der Waals surface area (Å²) in [7, 11) is 1.72. The maximum Gasteiger partial charge on any atom is 0.256 e. The predicted octanol–water partition coefficient (Wildman–Crippen LogP) is 4.16. The second kappa shape index (κ2) is 9.18. The molecule has 1 unspecified atom stereocenters. The van der Waals surface area contributed by atoms with E-state index in [9.17, 15) is 13.6 Å². The number of hydrogen-bond acceptors (Lipinski definition) is 4. The number of carbonyl (C=O) groups excluding carboxylic acids is 1. The minimum Gasteiger partial charge on any atom is -0.383 e. The van der Waals surface area contributed by atoms with E-state index in [2.05, 4.69) is 16.0 Å². The fourth-order valence-electron chi connectivity index (χ4n) is 4.93. The summed E-state index contributed by atoms with van der Waals surface area (Å²) in [5, 5.41) is -0.636. The fourth-order valence-corrected chi connectivity index (χ4v) is 5.09. The average Bonchev–Trinajstić information content (AvgIpc) is 3.09. The lowest BCUT2D eigenvalue weighted by atomic mass is 9.76. The molecule has 2 aliphatic rings. The largest absolute Gasteiger partial charge is 0.383 e. The van der Waals surface area contributed by atoms with Gasteiger partial charge < -0.3 is 9.64 Å². The van der Waals surface area contributed by atoms with Crippen LogP contribution in [0.15, 0.2) is 36.7 Å². The Morgan fingerprint density at radius 1 is 1.29 bits per heavy atom. The molecule has 0 radical (unpaired) electrons. The third kappa shape index (κ3) is 4.59. The number of piperidine rings is 1. The summed E-state index contributed by atoms with van der Waals surface area (Å²) in [5.74, 6) is -2.29. The molecular formula is C23H26ClF2N3O2. The van der Waals surface area contributed by atoms with E-state index in [1.807, 2.05) is 12.3 Å². The predicted molar refractivity (Wildman–Crippen MR) is 114 cm³/mol. The maximum absolute atomic E-state index is 14.3. The SMILES string of the molecule is COCC1CC2(CCN(C(=O)c3ccc(F)c(Cl)c3F)CC2)CN1Cc1cccnc1. The van der Waals surface area contributed by atoms with Crippen LogP contribution in [0, 0.1) is 17.0 Å². The average molecular weight is 450 g/mol. The van der Waals surface area contributed by atoms with E-state index in [1.165, 1.54) is 6.07 Å². The zero-order valence-electron chi connectivity index (χ0n) is 17.5. The molecule has 2 aromatic rings. The van der Waals surface area contributed by atoms with Crippen molar-refractivity contribution in [3.8, 4) is 0 Å². The standard InChI is InChI=1S/C23H26ClF2N3O2/c1-31-14-17-11-23(15-29(17)13-16-3-2-8-27-12-16)6-9-28(10-7-23)22(30)18-4-5-19(25)20(24)21(18)26/h2-5,8,12,17H,6-7,9-11,13-15H2,1H3. The van der Waals surface area contributed by atoms with Crippen molar-refractivity contribution < 1.29 is 18.3 Å². The highest BCUT2D eigenvalue weighted by molar-refractivity contribution is 6.31. The molecule has 0 saturated carbocycles. The highest BCUT2D eigenvalue weighted by atomic mass is 35.5. The molecule has 8 heteroatoms. The molecule has 3 heterocycles. The number of carbonyl (C=O) groups is 1. The Balaban J connectivity index is 1.43. The van der Waals surface area contributed by atoms with Crippen molar-refractivity contribution in [2.24, 2.45) is 5.41 Å². The van der Waals surface area contributed by atoms with Crippen LogP contribution in [0.4, 0.5) is 8.78 Å². The number of amides is 1. The van der Waals surface area contributed by atoms with Crippen LogP contribution in [-0.2, 0) is 11.3 Å². The smallest absolute Gasteiger partial charge is 0.256 e. The van der Waals surface area contributed by atoms with E-state index < -0.39 is 22.6 Å². The second-order valence-corrected chi connectivity index (χ2v) is 8.97. The van der Waals surface area contributed by atoms with Crippen LogP contribution >= 0.6 is 11.6 Å². The van der Waals surface area contributed by atoms with Gasteiger partial charge in [-0.15, -0.1) is 0 Å². The summed E-state index contributed by atoms with van der Waals surface area (Å²) in [6.45, 7) is 3.46. The molecule has 31 heavy (non-hydrogen) atoms. The summed E-state index contributed by atoms with van der Waals surface area (Å²) in [6, 6.07) is 6.53. The molecule has 1 spiro atoms. The van der Waals surface area contributed by atoms with Crippen molar-refractivity contribution in [2.45, 2.75) is 31.8 Å². The first-order valence-electron chi connectivity index (χ1n) is 10.5. The Bertz CT molecular complexity index is 936. The molecule has 2 saturated heterocycles. The van der Waals surface area contributed by atoms with E-state index in [1.54, 1.807) is 18.2 Å². The molecular weight excluding hydrogens is 424 g/mol. The third-order valence-electron chi connectivity index (χ3n) is 6.57. The Hall–Kier alpha value is -2.09. The lowest BCUT2D eigenvalue weighted by Gasteiger charge is -2.39. The van der Waals surface area contributed by atoms with Crippen LogP contribution in [0.1, 0.15) is 35.2 Å². The number of ether oxygens (including phenoxy) is 1. The number of halogens is 3. The van der Waals surface area contributed by atoms with Crippen LogP contribution < -0.4 is 0 Å². The highest BCUT2D eigenvalue weighted by Crippen LogP contribution is 2.44. The number of aromatic nitrogens is 1. The normalized spacial score (nSPS) is 21.0. The highest BCUT2D eigenvalue weighted by Gasteiger charge is 2.46. The zero-order valence-corrected chi connectivity index (χ0v) is 18.2. The Kier molecular flexibility index (Phi) is 6.55. The topological polar surface area (TPSA) is 45.7 Å². The molecule has 4 rings (SSSR count). The molecule has 1 amide bonds. The van der Waals surface area contributed by atoms with Gasteiger partial charge in [-0.1, -0.05) is 17.7 Å². The number of rotatable bonds is 5. The Morgan fingerprint density at radius 3 is 2.74 bits per heavy atom. The summed E-state index contributed by atoms with van der Waals surface area (Å²) < 4.78 is 33.2. The molecule has 1 aromatic heterocycles. The second-order valence-electron chi connectivity index (χ2n) is 8.59. The first kappa shape index (κ1) is 22.1. The van der Waals surface area contributed by atoms with Crippen molar-refractivity contribution >= 4 is 17.5 Å². The lowest BCUT2D eigenvalue weighted by molar-refractivity contribution is 0.0583. The van der Waals surface area contributed by atoms with Gasteiger partial charge in [0.1, 0.15) is 10.8 Å². The van der Waals surface area contributed by atoms with Crippen LogP contribution in [0.3, 0.4) is 0 Å². The van der Waals surface area contributed by atoms with Gasteiger partial charge >= 0.3 is 0 Å². The minimum absolute atomic E-state index is 0.0984. The number of nitrogens with zero attached hydrogens (tertiary/aromatic N) is 3. The van der Waals surface area contributed by atoms with Crippen molar-refractivity contribution in [1.29, 1.82) is 0 Å². The molecule has 5 nitrogen and oxygen atoms in total. The van der Waals surface area contributed by atoms with Crippen molar-refractivity contribution in [1.82, 2.24) is 14.8 Å². The molecule has 2 fully saturated rings. The summed E-state index contributed by atoms with van der Waals surface area (Å²) in [6.07, 6.45) is 6.32.